The van der Waals surface area contributed by atoms with Crippen LogP contribution in [-0.4, -0.2) is 17.7 Å². The molecule has 0 radical (unpaired) electrons. The first-order valence-electron chi connectivity index (χ1n) is 7.55. The van der Waals surface area contributed by atoms with Crippen LogP contribution in [0.5, 0.6) is 5.75 Å². The Morgan fingerprint density at radius 3 is 2.65 bits per heavy atom. The smallest absolute Gasteiger partial charge is 0.120 e. The average molecular weight is 274 g/mol. The highest BCUT2D eigenvalue weighted by atomic mass is 16.5. The third kappa shape index (κ3) is 2.68. The van der Waals surface area contributed by atoms with E-state index in [1.165, 1.54) is 22.2 Å². The van der Waals surface area contributed by atoms with Crippen molar-refractivity contribution in [2.75, 3.05) is 7.05 Å². The third-order valence-corrected chi connectivity index (χ3v) is 4.01. The second-order valence-corrected chi connectivity index (χ2v) is 5.35. The van der Waals surface area contributed by atoms with Crippen LogP contribution in [0, 0.1) is 6.92 Å². The highest BCUT2D eigenvalue weighted by molar-refractivity contribution is 5.87. The van der Waals surface area contributed by atoms with E-state index in [1.54, 1.807) is 0 Å². The van der Waals surface area contributed by atoms with Gasteiger partial charge in [0.2, 0.25) is 0 Å². The summed E-state index contributed by atoms with van der Waals surface area (Å²) >= 11 is 0. The van der Waals surface area contributed by atoms with Crippen molar-refractivity contribution >= 4 is 10.9 Å². The van der Waals surface area contributed by atoms with Gasteiger partial charge in [0.25, 0.3) is 0 Å². The Balaban J connectivity index is 2.51. The highest BCUT2D eigenvalue weighted by Gasteiger charge is 2.13. The lowest BCUT2D eigenvalue weighted by atomic mass is 10.1. The van der Waals surface area contributed by atoms with Gasteiger partial charge < -0.3 is 14.6 Å². The normalized spacial score (nSPS) is 12.8. The zero-order chi connectivity index (χ0) is 14.7. The second-order valence-electron chi connectivity index (χ2n) is 5.35. The summed E-state index contributed by atoms with van der Waals surface area (Å²) in [5.41, 5.74) is 4.02. The molecule has 0 aliphatic rings. The molecule has 0 spiro atoms. The number of hydrogen-bond acceptors (Lipinski definition) is 2. The summed E-state index contributed by atoms with van der Waals surface area (Å²) in [5, 5.41) is 4.58. The van der Waals surface area contributed by atoms with Gasteiger partial charge in [-0.3, -0.25) is 0 Å². The van der Waals surface area contributed by atoms with Crippen molar-refractivity contribution in [3.05, 3.63) is 29.5 Å². The Hall–Kier alpha value is -1.48. The average Bonchev–Trinajstić information content (AvgIpc) is 2.71. The zero-order valence-corrected chi connectivity index (χ0v) is 13.3. The van der Waals surface area contributed by atoms with Gasteiger partial charge >= 0.3 is 0 Å². The van der Waals surface area contributed by atoms with Gasteiger partial charge in [-0.1, -0.05) is 6.92 Å². The minimum Gasteiger partial charge on any atom is -0.491 e. The van der Waals surface area contributed by atoms with Gasteiger partial charge in [-0.15, -0.1) is 0 Å². The molecule has 2 aromatic rings. The van der Waals surface area contributed by atoms with Crippen LogP contribution in [0.25, 0.3) is 10.9 Å². The molecule has 0 aliphatic carbocycles. The molecule has 0 saturated carbocycles. The topological polar surface area (TPSA) is 26.2 Å². The van der Waals surface area contributed by atoms with Gasteiger partial charge in [0.05, 0.1) is 6.10 Å². The molecule has 0 amide bonds. The predicted octanol–water partition coefficient (Wildman–Crippen LogP) is 3.87. The van der Waals surface area contributed by atoms with E-state index in [9.17, 15) is 0 Å². The summed E-state index contributed by atoms with van der Waals surface area (Å²) < 4.78 is 8.33. The third-order valence-electron chi connectivity index (χ3n) is 4.01. The van der Waals surface area contributed by atoms with E-state index in [-0.39, 0.29) is 6.10 Å². The quantitative estimate of drug-likeness (QED) is 0.865. The summed E-state index contributed by atoms with van der Waals surface area (Å²) in [6.07, 6.45) is 1.28. The standard InChI is InChI=1S/C17H26N2O/c1-6-12(3)20-14-8-9-17-15(10-14)16(11-18-5)13(4)19(17)7-2/h8-10,12,18H,6-7,11H2,1-5H3/t12-/m0/s1. The van der Waals surface area contributed by atoms with Crippen molar-refractivity contribution in [2.45, 2.75) is 53.3 Å². The van der Waals surface area contributed by atoms with Crippen molar-refractivity contribution < 1.29 is 4.74 Å². The Morgan fingerprint density at radius 2 is 2.05 bits per heavy atom. The molecule has 3 nitrogen and oxygen atoms in total. The van der Waals surface area contributed by atoms with Crippen LogP contribution < -0.4 is 10.1 Å². The molecule has 20 heavy (non-hydrogen) atoms. The van der Waals surface area contributed by atoms with Crippen molar-refractivity contribution in [2.24, 2.45) is 0 Å². The number of nitrogens with one attached hydrogen (secondary N) is 1. The van der Waals surface area contributed by atoms with Crippen molar-refractivity contribution in [1.82, 2.24) is 9.88 Å². The molecule has 0 unspecified atom stereocenters. The molecule has 2 rings (SSSR count). The van der Waals surface area contributed by atoms with Crippen LogP contribution in [0.2, 0.25) is 0 Å². The molecule has 1 heterocycles. The number of aromatic nitrogens is 1. The lowest BCUT2D eigenvalue weighted by Crippen LogP contribution is -2.09. The number of fused-ring (bicyclic) bond motifs is 1. The molecular formula is C17H26N2O. The summed E-state index contributed by atoms with van der Waals surface area (Å²) in [7, 11) is 1.99. The van der Waals surface area contributed by atoms with Gasteiger partial charge in [-0.2, -0.15) is 0 Å². The highest BCUT2D eigenvalue weighted by Crippen LogP contribution is 2.30. The Labute approximate surface area is 121 Å². The monoisotopic (exact) mass is 274 g/mol. The fourth-order valence-corrected chi connectivity index (χ4v) is 2.73. The largest absolute Gasteiger partial charge is 0.491 e. The molecule has 1 aromatic heterocycles. The molecular weight excluding hydrogens is 248 g/mol. The molecule has 1 atom stereocenters. The van der Waals surface area contributed by atoms with Crippen molar-refractivity contribution in [3.63, 3.8) is 0 Å². The Morgan fingerprint density at radius 1 is 1.30 bits per heavy atom. The molecule has 3 heteroatoms. The first-order chi connectivity index (χ1) is 9.62. The molecule has 0 saturated heterocycles. The maximum Gasteiger partial charge on any atom is 0.120 e. The SMILES string of the molecule is CC[C@H](C)Oc1ccc2c(c1)c(CNC)c(C)n2CC. The van der Waals surface area contributed by atoms with E-state index >= 15 is 0 Å². The van der Waals surface area contributed by atoms with Crippen LogP contribution in [0.1, 0.15) is 38.4 Å². The van der Waals surface area contributed by atoms with Crippen molar-refractivity contribution in [1.29, 1.82) is 0 Å². The first-order valence-corrected chi connectivity index (χ1v) is 7.55. The van der Waals surface area contributed by atoms with Crippen LogP contribution in [0.3, 0.4) is 0 Å². The van der Waals surface area contributed by atoms with Gasteiger partial charge in [0.15, 0.2) is 0 Å². The summed E-state index contributed by atoms with van der Waals surface area (Å²) in [4.78, 5) is 0. The number of nitrogens with zero attached hydrogens (tertiary/aromatic N) is 1. The van der Waals surface area contributed by atoms with Crippen LogP contribution in [0.15, 0.2) is 18.2 Å². The van der Waals surface area contributed by atoms with Crippen LogP contribution in [0.4, 0.5) is 0 Å². The van der Waals surface area contributed by atoms with E-state index in [0.29, 0.717) is 0 Å². The Bertz CT molecular complexity index is 586. The first kappa shape index (κ1) is 14.9. The predicted molar refractivity (Wildman–Crippen MR) is 85.5 cm³/mol. The zero-order valence-electron chi connectivity index (χ0n) is 13.3. The van der Waals surface area contributed by atoms with Gasteiger partial charge in [0.1, 0.15) is 5.75 Å². The summed E-state index contributed by atoms with van der Waals surface area (Å²) in [6, 6.07) is 6.46. The fraction of sp³-hybridized carbons (Fsp3) is 0.529. The Kier molecular flexibility index (Phi) is 4.71. The number of rotatable bonds is 6. The number of ether oxygens (including phenoxy) is 1. The van der Waals surface area contributed by atoms with Crippen LogP contribution >= 0.6 is 0 Å². The molecule has 0 aliphatic heterocycles. The van der Waals surface area contributed by atoms with Gasteiger partial charge in [-0.25, -0.2) is 0 Å². The van der Waals surface area contributed by atoms with E-state index in [4.69, 9.17) is 4.74 Å². The minimum absolute atomic E-state index is 0.259. The van der Waals surface area contributed by atoms with Gasteiger partial charge in [-0.05, 0) is 58.0 Å². The minimum atomic E-state index is 0.259. The maximum atomic E-state index is 5.96. The lowest BCUT2D eigenvalue weighted by molar-refractivity contribution is 0.217. The van der Waals surface area contributed by atoms with E-state index in [2.05, 4.69) is 55.8 Å². The summed E-state index contributed by atoms with van der Waals surface area (Å²) in [5.74, 6) is 0.970. The number of aryl methyl sites for hydroxylation is 1. The lowest BCUT2D eigenvalue weighted by Gasteiger charge is -2.13. The van der Waals surface area contributed by atoms with Gasteiger partial charge in [0, 0.05) is 29.7 Å². The maximum absolute atomic E-state index is 5.96. The summed E-state index contributed by atoms with van der Waals surface area (Å²) in [6.45, 7) is 10.5. The molecule has 0 bridgehead atoms. The molecule has 110 valence electrons. The van der Waals surface area contributed by atoms with Crippen LogP contribution in [-0.2, 0) is 13.1 Å². The molecule has 1 aromatic carbocycles. The van der Waals surface area contributed by atoms with E-state index in [1.807, 2.05) is 7.05 Å². The van der Waals surface area contributed by atoms with E-state index in [0.717, 1.165) is 25.3 Å². The molecule has 1 N–H and O–H groups in total. The van der Waals surface area contributed by atoms with E-state index < -0.39 is 0 Å². The fourth-order valence-electron chi connectivity index (χ4n) is 2.73. The van der Waals surface area contributed by atoms with Crippen molar-refractivity contribution in [3.8, 4) is 5.75 Å². The number of hydrogen-bond donors (Lipinski definition) is 1. The number of benzene rings is 1. The second kappa shape index (κ2) is 6.31. The molecule has 0 fully saturated rings.